The molecule has 0 N–H and O–H groups in total. The summed E-state index contributed by atoms with van der Waals surface area (Å²) in [5.41, 5.74) is 17.2. The second-order valence-corrected chi connectivity index (χ2v) is 17.9. The first-order valence-electron chi connectivity index (χ1n) is 22.3. The van der Waals surface area contributed by atoms with Crippen LogP contribution in [0.3, 0.4) is 0 Å². The summed E-state index contributed by atoms with van der Waals surface area (Å²) >= 11 is 0. The van der Waals surface area contributed by atoms with Crippen molar-refractivity contribution in [2.45, 2.75) is 19.3 Å². The summed E-state index contributed by atoms with van der Waals surface area (Å²) in [6.45, 7) is 4.69. The molecular formula is C60H37N3O3. The Bertz CT molecular complexity index is 4150. The minimum Gasteiger partial charge on any atom is -0.456 e. The number of benzene rings is 9. The average Bonchev–Trinajstić information content (AvgIpc) is 4.11. The van der Waals surface area contributed by atoms with Gasteiger partial charge in [-0.25, -0.2) is 15.0 Å². The molecule has 0 fully saturated rings. The summed E-state index contributed by atoms with van der Waals surface area (Å²) in [5.74, 6) is 1.61. The highest BCUT2D eigenvalue weighted by atomic mass is 16.3. The van der Waals surface area contributed by atoms with E-state index in [9.17, 15) is 0 Å². The van der Waals surface area contributed by atoms with Gasteiger partial charge in [0.2, 0.25) is 0 Å². The molecule has 0 bridgehead atoms. The molecular weight excluding hydrogens is 811 g/mol. The Balaban J connectivity index is 0.922. The molecule has 1 aliphatic carbocycles. The molecule has 0 radical (unpaired) electrons. The third-order valence-corrected chi connectivity index (χ3v) is 13.8. The molecule has 0 saturated carbocycles. The number of aromatic nitrogens is 3. The minimum atomic E-state index is -0.102. The van der Waals surface area contributed by atoms with Crippen LogP contribution in [0.4, 0.5) is 0 Å². The molecule has 0 unspecified atom stereocenters. The van der Waals surface area contributed by atoms with Crippen molar-refractivity contribution in [3.63, 3.8) is 0 Å². The van der Waals surface area contributed by atoms with Crippen molar-refractivity contribution < 1.29 is 13.3 Å². The average molecular weight is 848 g/mol. The van der Waals surface area contributed by atoms with Crippen LogP contribution in [0.2, 0.25) is 0 Å². The maximum atomic E-state index is 6.58. The van der Waals surface area contributed by atoms with Crippen LogP contribution in [-0.4, -0.2) is 15.0 Å². The van der Waals surface area contributed by atoms with Gasteiger partial charge in [0.25, 0.3) is 0 Å². The van der Waals surface area contributed by atoms with E-state index >= 15 is 0 Å². The van der Waals surface area contributed by atoms with E-state index in [1.54, 1.807) is 0 Å². The lowest BCUT2D eigenvalue weighted by atomic mass is 9.79. The van der Waals surface area contributed by atoms with Gasteiger partial charge < -0.3 is 13.3 Å². The zero-order valence-electron chi connectivity index (χ0n) is 36.0. The van der Waals surface area contributed by atoms with Gasteiger partial charge in [0.15, 0.2) is 17.5 Å². The topological polar surface area (TPSA) is 78.1 Å². The van der Waals surface area contributed by atoms with Gasteiger partial charge in [-0.2, -0.15) is 0 Å². The first kappa shape index (κ1) is 36.8. The fourth-order valence-electron chi connectivity index (χ4n) is 10.7. The van der Waals surface area contributed by atoms with E-state index in [0.717, 1.165) is 93.6 Å². The molecule has 9 aromatic carbocycles. The number of furan rings is 3. The highest BCUT2D eigenvalue weighted by molar-refractivity contribution is 6.14. The Morgan fingerprint density at radius 1 is 0.318 bits per heavy atom. The van der Waals surface area contributed by atoms with Gasteiger partial charge in [0.05, 0.1) is 0 Å². The number of rotatable bonds is 5. The molecule has 0 spiro atoms. The van der Waals surface area contributed by atoms with E-state index in [0.29, 0.717) is 17.5 Å². The lowest BCUT2D eigenvalue weighted by Gasteiger charge is -2.24. The molecule has 0 saturated heterocycles. The van der Waals surface area contributed by atoms with Gasteiger partial charge in [0, 0.05) is 54.4 Å². The second-order valence-electron chi connectivity index (χ2n) is 17.9. The van der Waals surface area contributed by atoms with Crippen molar-refractivity contribution in [3.05, 3.63) is 199 Å². The Kier molecular flexibility index (Phi) is 7.64. The van der Waals surface area contributed by atoms with Crippen molar-refractivity contribution in [2.75, 3.05) is 0 Å². The molecule has 6 heteroatoms. The van der Waals surface area contributed by atoms with Crippen LogP contribution in [0, 0.1) is 0 Å². The van der Waals surface area contributed by atoms with E-state index in [1.807, 2.05) is 66.7 Å². The van der Waals surface area contributed by atoms with Gasteiger partial charge in [-0.05, 0) is 93.0 Å². The minimum absolute atomic E-state index is 0.102. The normalized spacial score (nSPS) is 13.1. The molecule has 14 rings (SSSR count). The number of nitrogens with zero attached hydrogens (tertiary/aromatic N) is 3. The summed E-state index contributed by atoms with van der Waals surface area (Å²) in [7, 11) is 0. The lowest BCUT2D eigenvalue weighted by Crippen LogP contribution is -2.16. The summed E-state index contributed by atoms with van der Waals surface area (Å²) in [6.07, 6.45) is 0. The largest absolute Gasteiger partial charge is 0.456 e. The second kappa shape index (κ2) is 13.7. The van der Waals surface area contributed by atoms with Crippen molar-refractivity contribution in [3.8, 4) is 67.5 Å². The molecule has 0 atom stereocenters. The standard InChI is InChI=1S/C60H37N3O3/c1-60(2)47-19-6-3-12-39(47)42-16-9-15-38(56(42)60)35-26-24-34(25-27-35)36-29-31-50-46(32-36)55-45(18-11-23-52(55)65-50)59-62-57(37-28-30-41-40-13-4-7-20-48(40)66-53(41)33-37)61-58(63-59)44-17-10-22-51-54(44)43-14-5-8-21-49(43)64-51/h3-33H,1-2H3. The Labute approximate surface area is 378 Å². The molecule has 6 nitrogen and oxygen atoms in total. The van der Waals surface area contributed by atoms with Crippen LogP contribution in [0.1, 0.15) is 25.0 Å². The van der Waals surface area contributed by atoms with Gasteiger partial charge in [0.1, 0.15) is 33.5 Å². The van der Waals surface area contributed by atoms with Crippen molar-refractivity contribution in [2.24, 2.45) is 0 Å². The molecule has 0 amide bonds. The maximum absolute atomic E-state index is 6.58. The van der Waals surface area contributed by atoms with Crippen LogP contribution in [0.15, 0.2) is 201 Å². The quantitative estimate of drug-likeness (QED) is 0.172. The summed E-state index contributed by atoms with van der Waals surface area (Å²) in [6, 6.07) is 65.5. The van der Waals surface area contributed by atoms with Crippen LogP contribution < -0.4 is 0 Å². The Morgan fingerprint density at radius 3 is 1.59 bits per heavy atom. The zero-order valence-corrected chi connectivity index (χ0v) is 36.0. The van der Waals surface area contributed by atoms with Gasteiger partial charge in [-0.1, -0.05) is 153 Å². The number of fused-ring (bicyclic) bond motifs is 12. The molecule has 13 aromatic rings. The van der Waals surface area contributed by atoms with Crippen LogP contribution >= 0.6 is 0 Å². The van der Waals surface area contributed by atoms with Crippen molar-refractivity contribution >= 4 is 65.8 Å². The first-order chi connectivity index (χ1) is 32.4. The monoisotopic (exact) mass is 847 g/mol. The molecule has 66 heavy (non-hydrogen) atoms. The smallest absolute Gasteiger partial charge is 0.164 e. The fourth-order valence-corrected chi connectivity index (χ4v) is 10.7. The SMILES string of the molecule is CC1(C)c2ccccc2-c2cccc(-c3ccc(-c4ccc5oc6cccc(-c7nc(-c8ccc9c(c8)oc8ccccc89)nc(-c8cccc9oc%10ccccc%10c89)n7)c6c5c4)cc3)c21. The van der Waals surface area contributed by atoms with Gasteiger partial charge in [-0.15, -0.1) is 0 Å². The van der Waals surface area contributed by atoms with Crippen LogP contribution in [0.25, 0.3) is 133 Å². The van der Waals surface area contributed by atoms with Crippen LogP contribution in [-0.2, 0) is 5.41 Å². The van der Waals surface area contributed by atoms with E-state index in [4.69, 9.17) is 28.2 Å². The van der Waals surface area contributed by atoms with E-state index in [1.165, 1.54) is 33.4 Å². The summed E-state index contributed by atoms with van der Waals surface area (Å²) in [5, 5.41) is 5.99. The third-order valence-electron chi connectivity index (χ3n) is 13.8. The van der Waals surface area contributed by atoms with Crippen molar-refractivity contribution in [1.82, 2.24) is 15.0 Å². The lowest BCUT2D eigenvalue weighted by molar-refractivity contribution is 0.662. The highest BCUT2D eigenvalue weighted by Crippen LogP contribution is 2.52. The Morgan fingerprint density at radius 2 is 0.818 bits per heavy atom. The number of para-hydroxylation sites is 2. The summed E-state index contributed by atoms with van der Waals surface area (Å²) in [4.78, 5) is 15.8. The zero-order chi connectivity index (χ0) is 43.7. The van der Waals surface area contributed by atoms with Crippen molar-refractivity contribution in [1.29, 1.82) is 0 Å². The molecule has 0 aliphatic heterocycles. The number of hydrogen-bond acceptors (Lipinski definition) is 6. The Hall–Kier alpha value is -8.61. The first-order valence-corrected chi connectivity index (χ1v) is 22.3. The van der Waals surface area contributed by atoms with Gasteiger partial charge in [-0.3, -0.25) is 0 Å². The summed E-state index contributed by atoms with van der Waals surface area (Å²) < 4.78 is 19.3. The molecule has 1 aliphatic rings. The third kappa shape index (κ3) is 5.39. The fraction of sp³-hybridized carbons (Fsp3) is 0.0500. The maximum Gasteiger partial charge on any atom is 0.164 e. The van der Waals surface area contributed by atoms with E-state index < -0.39 is 0 Å². The predicted octanol–water partition coefficient (Wildman–Crippen LogP) is 16.2. The van der Waals surface area contributed by atoms with Gasteiger partial charge >= 0.3 is 0 Å². The predicted molar refractivity (Wildman–Crippen MR) is 266 cm³/mol. The molecule has 4 heterocycles. The van der Waals surface area contributed by atoms with E-state index in [2.05, 4.69) is 135 Å². The molecule has 310 valence electrons. The number of hydrogen-bond donors (Lipinski definition) is 0. The molecule has 4 aromatic heterocycles. The van der Waals surface area contributed by atoms with Crippen LogP contribution in [0.5, 0.6) is 0 Å². The highest BCUT2D eigenvalue weighted by Gasteiger charge is 2.37. The van der Waals surface area contributed by atoms with E-state index in [-0.39, 0.29) is 5.41 Å².